The highest BCUT2D eigenvalue weighted by Crippen LogP contribution is 2.49. The van der Waals surface area contributed by atoms with Gasteiger partial charge in [-0.05, 0) is 74.8 Å². The highest BCUT2D eigenvalue weighted by molar-refractivity contribution is 5.71. The fourth-order valence-corrected chi connectivity index (χ4v) is 4.22. The second-order valence-corrected chi connectivity index (χ2v) is 8.36. The molecule has 3 N–H and O–H groups in total. The minimum atomic E-state index is -1.23. The molecule has 5 heteroatoms. The number of aliphatic hydroxyl groups excluding tert-OH is 1. The van der Waals surface area contributed by atoms with Crippen LogP contribution in [0.1, 0.15) is 52.2 Å². The number of likely N-dealkylation sites (tertiary alicyclic amines) is 1. The Kier molecular flexibility index (Phi) is 6.71. The molecule has 3 rings (SSSR count). The summed E-state index contributed by atoms with van der Waals surface area (Å²) in [6, 6.07) is 6.60. The molecule has 1 heterocycles. The zero-order valence-electron chi connectivity index (χ0n) is 17.1. The molecule has 2 bridgehead atoms. The molecule has 1 fully saturated rings. The Hall–Kier alpha value is -1.85. The molecule has 0 radical (unpaired) electrons. The zero-order valence-corrected chi connectivity index (χ0v) is 17.1. The van der Waals surface area contributed by atoms with Crippen LogP contribution in [0.4, 0.5) is 0 Å². The third kappa shape index (κ3) is 4.71. The largest absolute Gasteiger partial charge is 0.508 e. The highest BCUT2D eigenvalue weighted by atomic mass is 16.4. The molecule has 1 aliphatic carbocycles. The van der Waals surface area contributed by atoms with Crippen molar-refractivity contribution in [2.75, 3.05) is 13.1 Å². The van der Waals surface area contributed by atoms with Crippen LogP contribution >= 0.6 is 0 Å². The number of aromatic hydroxyl groups is 1. The van der Waals surface area contributed by atoms with Gasteiger partial charge in [-0.3, -0.25) is 4.90 Å². The minimum absolute atomic E-state index is 0.207. The van der Waals surface area contributed by atoms with E-state index >= 15 is 0 Å². The minimum Gasteiger partial charge on any atom is -0.508 e. The number of hydrogen-bond acceptors (Lipinski definition) is 4. The van der Waals surface area contributed by atoms with Crippen molar-refractivity contribution in [3.8, 4) is 5.75 Å². The van der Waals surface area contributed by atoms with Crippen LogP contribution in [0.25, 0.3) is 0 Å². The van der Waals surface area contributed by atoms with E-state index in [9.17, 15) is 9.90 Å². The predicted molar refractivity (Wildman–Crippen MR) is 107 cm³/mol. The fourth-order valence-electron chi connectivity index (χ4n) is 4.22. The quantitative estimate of drug-likeness (QED) is 0.706. The first-order valence-electron chi connectivity index (χ1n) is 9.67. The number of rotatable bonds is 3. The zero-order chi connectivity index (χ0) is 20.4. The number of allylic oxidation sites excluding steroid dienone is 1. The Balaban J connectivity index is 0.000000380. The number of phenols is 1. The molecule has 1 aliphatic heterocycles. The Bertz CT molecular complexity index is 708. The van der Waals surface area contributed by atoms with Crippen LogP contribution in [0.5, 0.6) is 5.75 Å². The lowest BCUT2D eigenvalue weighted by Gasteiger charge is -2.54. The number of nitrogens with zero attached hydrogens (tertiary/aromatic N) is 1. The molecule has 5 nitrogen and oxygen atoms in total. The van der Waals surface area contributed by atoms with Crippen molar-refractivity contribution in [3.63, 3.8) is 0 Å². The average molecular weight is 376 g/mol. The Morgan fingerprint density at radius 1 is 1.41 bits per heavy atom. The number of carboxylic acid groups (broad SMARTS) is 1. The summed E-state index contributed by atoms with van der Waals surface area (Å²) >= 11 is 0. The summed E-state index contributed by atoms with van der Waals surface area (Å²) in [5, 5.41) is 25.6. The standard InChI is InChI=1S/C19H27NO.C3H6O3/c1-13(2)7-9-20-10-8-19(4)14(3)18(20)11-15-5-6-16(21)12-17(15)19;1-2(4)3(5)6/h5-7,12,14,18,21H,8-11H2,1-4H3;2,4H,1H3,(H,5,6). The van der Waals surface area contributed by atoms with Crippen molar-refractivity contribution in [1.29, 1.82) is 0 Å². The van der Waals surface area contributed by atoms with E-state index in [4.69, 9.17) is 10.2 Å². The first kappa shape index (κ1) is 21.5. The van der Waals surface area contributed by atoms with Crippen molar-refractivity contribution in [1.82, 2.24) is 4.90 Å². The highest BCUT2D eigenvalue weighted by Gasteiger charge is 2.48. The van der Waals surface area contributed by atoms with Gasteiger partial charge in [0.1, 0.15) is 11.9 Å². The molecule has 1 aromatic rings. The molecule has 0 amide bonds. The van der Waals surface area contributed by atoms with Gasteiger partial charge in [0.2, 0.25) is 0 Å². The molecule has 2 aliphatic rings. The van der Waals surface area contributed by atoms with E-state index in [1.807, 2.05) is 12.1 Å². The summed E-state index contributed by atoms with van der Waals surface area (Å²) in [5.74, 6) is -0.145. The van der Waals surface area contributed by atoms with Crippen molar-refractivity contribution < 1.29 is 20.1 Å². The normalized spacial score (nSPS) is 27.6. The summed E-state index contributed by atoms with van der Waals surface area (Å²) in [6.07, 6.45) is 3.41. The van der Waals surface area contributed by atoms with Gasteiger partial charge in [0.15, 0.2) is 0 Å². The van der Waals surface area contributed by atoms with Crippen LogP contribution in [-0.2, 0) is 16.6 Å². The van der Waals surface area contributed by atoms with E-state index in [0.717, 1.165) is 19.5 Å². The number of aliphatic hydroxyl groups is 1. The number of phenolic OH excluding ortho intramolecular Hbond substituents is 1. The van der Waals surface area contributed by atoms with E-state index < -0.39 is 12.1 Å². The van der Waals surface area contributed by atoms with E-state index in [2.05, 4.69) is 44.7 Å². The van der Waals surface area contributed by atoms with Crippen LogP contribution in [0.3, 0.4) is 0 Å². The first-order chi connectivity index (χ1) is 12.6. The van der Waals surface area contributed by atoms with E-state index in [-0.39, 0.29) is 5.41 Å². The summed E-state index contributed by atoms with van der Waals surface area (Å²) in [6.45, 7) is 12.6. The number of benzene rings is 1. The number of carbonyl (C=O) groups is 1. The maximum absolute atomic E-state index is 9.87. The summed E-state index contributed by atoms with van der Waals surface area (Å²) < 4.78 is 0. The van der Waals surface area contributed by atoms with E-state index in [0.29, 0.717) is 17.7 Å². The van der Waals surface area contributed by atoms with E-state index in [1.54, 1.807) is 0 Å². The van der Waals surface area contributed by atoms with Gasteiger partial charge in [-0.25, -0.2) is 4.79 Å². The number of aliphatic carboxylic acids is 1. The van der Waals surface area contributed by atoms with Crippen LogP contribution in [-0.4, -0.2) is 51.4 Å². The summed E-state index contributed by atoms with van der Waals surface area (Å²) in [5.41, 5.74) is 4.42. The smallest absolute Gasteiger partial charge is 0.332 e. The summed E-state index contributed by atoms with van der Waals surface area (Å²) in [7, 11) is 0. The lowest BCUT2D eigenvalue weighted by Crippen LogP contribution is -2.57. The fraction of sp³-hybridized carbons (Fsp3) is 0.591. The molecule has 1 aromatic carbocycles. The van der Waals surface area contributed by atoms with E-state index in [1.165, 1.54) is 30.0 Å². The molecule has 4 atom stereocenters. The van der Waals surface area contributed by atoms with Crippen molar-refractivity contribution in [2.45, 2.75) is 65.0 Å². The number of piperidine rings is 1. The Morgan fingerprint density at radius 3 is 2.59 bits per heavy atom. The van der Waals surface area contributed by atoms with Crippen molar-refractivity contribution in [2.24, 2.45) is 5.92 Å². The molecule has 0 spiro atoms. The lowest BCUT2D eigenvalue weighted by molar-refractivity contribution is -0.145. The third-order valence-corrected chi connectivity index (χ3v) is 6.20. The van der Waals surface area contributed by atoms with Gasteiger partial charge in [0.05, 0.1) is 0 Å². The molecular weight excluding hydrogens is 342 g/mol. The number of fused-ring (bicyclic) bond motifs is 4. The van der Waals surface area contributed by atoms with Crippen molar-refractivity contribution in [3.05, 3.63) is 41.0 Å². The van der Waals surface area contributed by atoms with Crippen LogP contribution in [0.15, 0.2) is 29.8 Å². The molecule has 1 saturated heterocycles. The second-order valence-electron chi connectivity index (χ2n) is 8.36. The second kappa shape index (κ2) is 8.44. The molecule has 4 unspecified atom stereocenters. The van der Waals surface area contributed by atoms with Gasteiger partial charge in [-0.15, -0.1) is 0 Å². The molecule has 150 valence electrons. The molecule has 0 aromatic heterocycles. The van der Waals surface area contributed by atoms with Gasteiger partial charge in [0.25, 0.3) is 0 Å². The van der Waals surface area contributed by atoms with Crippen LogP contribution < -0.4 is 0 Å². The van der Waals surface area contributed by atoms with Gasteiger partial charge < -0.3 is 15.3 Å². The van der Waals surface area contributed by atoms with Crippen LogP contribution in [0.2, 0.25) is 0 Å². The van der Waals surface area contributed by atoms with Gasteiger partial charge >= 0.3 is 5.97 Å². The maximum Gasteiger partial charge on any atom is 0.332 e. The van der Waals surface area contributed by atoms with Gasteiger partial charge in [-0.2, -0.15) is 0 Å². The molecule has 27 heavy (non-hydrogen) atoms. The topological polar surface area (TPSA) is 81.0 Å². The van der Waals surface area contributed by atoms with Crippen LogP contribution in [0, 0.1) is 5.92 Å². The third-order valence-electron chi connectivity index (χ3n) is 6.20. The molecular formula is C22H33NO4. The monoisotopic (exact) mass is 375 g/mol. The van der Waals surface area contributed by atoms with Crippen molar-refractivity contribution >= 4 is 5.97 Å². The van der Waals surface area contributed by atoms with Gasteiger partial charge in [0, 0.05) is 12.6 Å². The average Bonchev–Trinajstić information content (AvgIpc) is 2.58. The number of carboxylic acids is 1. The SMILES string of the molecule is CC(C)=CCN1CCC2(C)c3cc(O)ccc3CC1C2C.CC(O)C(=O)O. The first-order valence-corrected chi connectivity index (χ1v) is 9.67. The molecule has 0 saturated carbocycles. The lowest BCUT2D eigenvalue weighted by atomic mass is 9.59. The predicted octanol–water partition coefficient (Wildman–Crippen LogP) is 3.33. The Morgan fingerprint density at radius 2 is 2.04 bits per heavy atom. The summed E-state index contributed by atoms with van der Waals surface area (Å²) in [4.78, 5) is 12.1. The van der Waals surface area contributed by atoms with Gasteiger partial charge in [-0.1, -0.05) is 31.6 Å². The number of hydrogen-bond donors (Lipinski definition) is 3. The maximum atomic E-state index is 9.87. The Labute approximate surface area is 162 Å².